The molecule has 0 aliphatic heterocycles. The molecule has 140 valence electrons. The highest BCUT2D eigenvalue weighted by molar-refractivity contribution is 7.89. The molecule has 1 unspecified atom stereocenters. The molecule has 26 heavy (non-hydrogen) atoms. The van der Waals surface area contributed by atoms with E-state index in [-0.39, 0.29) is 16.3 Å². The third-order valence-electron chi connectivity index (χ3n) is 3.63. The number of nitrogens with one attached hydrogen (secondary N) is 2. The van der Waals surface area contributed by atoms with Gasteiger partial charge < -0.3 is 14.9 Å². The highest BCUT2D eigenvalue weighted by atomic mass is 32.2. The van der Waals surface area contributed by atoms with Crippen molar-refractivity contribution in [3.63, 3.8) is 0 Å². The molecule has 10 heteroatoms. The van der Waals surface area contributed by atoms with Crippen LogP contribution in [0.4, 0.5) is 0 Å². The van der Waals surface area contributed by atoms with Crippen molar-refractivity contribution in [2.24, 2.45) is 0 Å². The summed E-state index contributed by atoms with van der Waals surface area (Å²) in [5.41, 5.74) is 0.532. The van der Waals surface area contributed by atoms with Crippen molar-refractivity contribution >= 4 is 21.9 Å². The van der Waals surface area contributed by atoms with Crippen LogP contribution in [-0.4, -0.2) is 36.6 Å². The number of amides is 1. The summed E-state index contributed by atoms with van der Waals surface area (Å²) in [6, 6.07) is 5.59. The standard InChI is InChI=1S/C16H19N3O6S/c1-9-14(11(3)25-18-9)26(23,24)19-10(2)15(20)17-13(16(21)22)12-7-5-4-6-8-12/h4-8,10,13,19H,1-3H3,(H,17,20)(H,21,22)/t10?,13-/m1/s1. The molecule has 0 bridgehead atoms. The van der Waals surface area contributed by atoms with Gasteiger partial charge in [0.2, 0.25) is 15.9 Å². The van der Waals surface area contributed by atoms with E-state index in [2.05, 4.69) is 15.2 Å². The van der Waals surface area contributed by atoms with E-state index >= 15 is 0 Å². The van der Waals surface area contributed by atoms with Gasteiger partial charge in [0.25, 0.3) is 0 Å². The molecule has 0 saturated carbocycles. The summed E-state index contributed by atoms with van der Waals surface area (Å²) < 4.78 is 31.9. The number of benzene rings is 1. The van der Waals surface area contributed by atoms with Crippen molar-refractivity contribution in [2.45, 2.75) is 37.8 Å². The summed E-state index contributed by atoms with van der Waals surface area (Å²) in [4.78, 5) is 23.6. The van der Waals surface area contributed by atoms with E-state index in [1.807, 2.05) is 0 Å². The van der Waals surface area contributed by atoms with E-state index in [1.165, 1.54) is 20.8 Å². The highest BCUT2D eigenvalue weighted by Crippen LogP contribution is 2.19. The number of aromatic nitrogens is 1. The van der Waals surface area contributed by atoms with Gasteiger partial charge in [-0.05, 0) is 26.3 Å². The molecule has 9 nitrogen and oxygen atoms in total. The van der Waals surface area contributed by atoms with Gasteiger partial charge in [-0.2, -0.15) is 4.72 Å². The number of nitrogens with zero attached hydrogens (tertiary/aromatic N) is 1. The van der Waals surface area contributed by atoms with Crippen LogP contribution in [-0.2, 0) is 19.6 Å². The topological polar surface area (TPSA) is 139 Å². The fourth-order valence-corrected chi connectivity index (χ4v) is 3.94. The molecule has 1 heterocycles. The van der Waals surface area contributed by atoms with Crippen LogP contribution in [0.5, 0.6) is 0 Å². The van der Waals surface area contributed by atoms with Gasteiger partial charge in [0.05, 0.1) is 6.04 Å². The number of hydrogen-bond acceptors (Lipinski definition) is 6. The minimum atomic E-state index is -4.06. The predicted molar refractivity (Wildman–Crippen MR) is 90.7 cm³/mol. The van der Waals surface area contributed by atoms with Gasteiger partial charge in [-0.25, -0.2) is 13.2 Å². The summed E-state index contributed by atoms with van der Waals surface area (Å²) >= 11 is 0. The van der Waals surface area contributed by atoms with Gasteiger partial charge in [-0.15, -0.1) is 0 Å². The second-order valence-electron chi connectivity index (χ2n) is 5.69. The van der Waals surface area contributed by atoms with Crippen molar-refractivity contribution in [3.8, 4) is 0 Å². The molecular formula is C16H19N3O6S. The average Bonchev–Trinajstić information content (AvgIpc) is 2.91. The van der Waals surface area contributed by atoms with Crippen molar-refractivity contribution in [1.29, 1.82) is 0 Å². The van der Waals surface area contributed by atoms with Crippen molar-refractivity contribution in [1.82, 2.24) is 15.2 Å². The molecule has 0 radical (unpaired) electrons. The van der Waals surface area contributed by atoms with Gasteiger partial charge in [0.1, 0.15) is 10.6 Å². The van der Waals surface area contributed by atoms with Crippen LogP contribution in [0.25, 0.3) is 0 Å². The number of carboxylic acid groups (broad SMARTS) is 1. The maximum atomic E-state index is 12.4. The number of carbonyl (C=O) groups excluding carboxylic acids is 1. The number of rotatable bonds is 7. The molecule has 1 aromatic heterocycles. The lowest BCUT2D eigenvalue weighted by atomic mass is 10.1. The van der Waals surface area contributed by atoms with Gasteiger partial charge >= 0.3 is 5.97 Å². The second kappa shape index (κ2) is 7.67. The number of carboxylic acids is 1. The number of carbonyl (C=O) groups is 2. The lowest BCUT2D eigenvalue weighted by molar-refractivity contribution is -0.142. The second-order valence-corrected chi connectivity index (χ2v) is 7.34. The Balaban J connectivity index is 2.15. The summed E-state index contributed by atoms with van der Waals surface area (Å²) in [7, 11) is -4.06. The Morgan fingerprint density at radius 2 is 1.81 bits per heavy atom. The minimum Gasteiger partial charge on any atom is -0.479 e. The molecule has 0 spiro atoms. The van der Waals surface area contributed by atoms with Gasteiger partial charge in [-0.1, -0.05) is 35.5 Å². The predicted octanol–water partition coefficient (Wildman–Crippen LogP) is 0.900. The largest absolute Gasteiger partial charge is 0.479 e. The number of sulfonamides is 1. The maximum Gasteiger partial charge on any atom is 0.330 e. The molecule has 3 N–H and O–H groups in total. The summed E-state index contributed by atoms with van der Waals surface area (Å²) in [6.07, 6.45) is 0. The molecule has 0 fully saturated rings. The highest BCUT2D eigenvalue weighted by Gasteiger charge is 2.30. The van der Waals surface area contributed by atoms with Crippen molar-refractivity contribution in [2.75, 3.05) is 0 Å². The maximum absolute atomic E-state index is 12.4. The molecule has 1 amide bonds. The Labute approximate surface area is 150 Å². The molecule has 1 aromatic carbocycles. The van der Waals surface area contributed by atoms with E-state index in [4.69, 9.17) is 4.52 Å². The Morgan fingerprint density at radius 3 is 2.31 bits per heavy atom. The number of aliphatic carboxylic acids is 1. The van der Waals surface area contributed by atoms with Crippen LogP contribution in [0.2, 0.25) is 0 Å². The first-order valence-corrected chi connectivity index (χ1v) is 9.15. The first-order chi connectivity index (χ1) is 12.1. The minimum absolute atomic E-state index is 0.0929. The Kier molecular flexibility index (Phi) is 5.78. The smallest absolute Gasteiger partial charge is 0.330 e. The summed E-state index contributed by atoms with van der Waals surface area (Å²) in [6.45, 7) is 4.22. The fourth-order valence-electron chi connectivity index (χ4n) is 2.40. The Bertz CT molecular complexity index is 888. The molecule has 2 rings (SSSR count). The Hall–Kier alpha value is -2.72. The monoisotopic (exact) mass is 381 g/mol. The zero-order valence-electron chi connectivity index (χ0n) is 14.4. The lowest BCUT2D eigenvalue weighted by Gasteiger charge is -2.19. The van der Waals surface area contributed by atoms with Gasteiger partial charge in [-0.3, -0.25) is 4.79 Å². The van der Waals surface area contributed by atoms with Crippen molar-refractivity contribution < 1.29 is 27.6 Å². The van der Waals surface area contributed by atoms with E-state index in [0.29, 0.717) is 5.56 Å². The molecule has 0 saturated heterocycles. The normalized spacial score (nSPS) is 13.8. The zero-order chi connectivity index (χ0) is 19.5. The summed E-state index contributed by atoms with van der Waals surface area (Å²) in [5.74, 6) is -1.95. The van der Waals surface area contributed by atoms with E-state index < -0.39 is 34.0 Å². The van der Waals surface area contributed by atoms with Crippen LogP contribution in [0, 0.1) is 13.8 Å². The molecule has 2 aromatic rings. The van der Waals surface area contributed by atoms with Crippen LogP contribution >= 0.6 is 0 Å². The van der Waals surface area contributed by atoms with E-state index in [1.54, 1.807) is 30.3 Å². The van der Waals surface area contributed by atoms with Gasteiger partial charge in [0, 0.05) is 0 Å². The number of hydrogen-bond donors (Lipinski definition) is 3. The quantitative estimate of drug-likeness (QED) is 0.647. The van der Waals surface area contributed by atoms with Crippen LogP contribution in [0.15, 0.2) is 39.8 Å². The zero-order valence-corrected chi connectivity index (χ0v) is 15.2. The van der Waals surface area contributed by atoms with E-state index in [0.717, 1.165) is 0 Å². The average molecular weight is 381 g/mol. The van der Waals surface area contributed by atoms with Crippen LogP contribution < -0.4 is 10.0 Å². The first-order valence-electron chi connectivity index (χ1n) is 7.67. The lowest BCUT2D eigenvalue weighted by Crippen LogP contribution is -2.47. The third-order valence-corrected chi connectivity index (χ3v) is 5.41. The Morgan fingerprint density at radius 1 is 1.19 bits per heavy atom. The molecule has 0 aliphatic carbocycles. The van der Waals surface area contributed by atoms with Crippen molar-refractivity contribution in [3.05, 3.63) is 47.3 Å². The SMILES string of the molecule is Cc1noc(C)c1S(=O)(=O)NC(C)C(=O)N[C@@H](C(=O)O)c1ccccc1. The van der Waals surface area contributed by atoms with Gasteiger partial charge in [0.15, 0.2) is 11.8 Å². The van der Waals surface area contributed by atoms with Crippen LogP contribution in [0.1, 0.15) is 30.0 Å². The first kappa shape index (κ1) is 19.6. The van der Waals surface area contributed by atoms with E-state index in [9.17, 15) is 23.1 Å². The third kappa shape index (κ3) is 4.27. The molecular weight excluding hydrogens is 362 g/mol. The molecule has 0 aliphatic rings. The fraction of sp³-hybridized carbons (Fsp3) is 0.312. The van der Waals surface area contributed by atoms with Crippen LogP contribution in [0.3, 0.4) is 0 Å². The number of aryl methyl sites for hydroxylation is 2. The summed E-state index contributed by atoms with van der Waals surface area (Å²) in [5, 5.41) is 15.2. The molecule has 2 atom stereocenters.